The molecular formula is C12H17ClN2. The molecule has 0 amide bonds. The van der Waals surface area contributed by atoms with Gasteiger partial charge in [-0.3, -0.25) is 0 Å². The van der Waals surface area contributed by atoms with E-state index in [-0.39, 0.29) is 0 Å². The Hall–Kier alpha value is -0.760. The fourth-order valence-corrected chi connectivity index (χ4v) is 2.17. The largest absolute Gasteiger partial charge is 0.382 e. The van der Waals surface area contributed by atoms with Crippen LogP contribution < -0.4 is 5.32 Å². The summed E-state index contributed by atoms with van der Waals surface area (Å²) in [5.74, 6) is 1.64. The molecule has 15 heavy (non-hydrogen) atoms. The first kappa shape index (κ1) is 10.7. The van der Waals surface area contributed by atoms with E-state index in [4.69, 9.17) is 11.6 Å². The number of nitrogens with one attached hydrogen (secondary N) is 1. The number of halogens is 1. The Morgan fingerprint density at radius 1 is 1.60 bits per heavy atom. The van der Waals surface area contributed by atoms with Crippen LogP contribution in [0.1, 0.15) is 26.7 Å². The third-order valence-electron chi connectivity index (χ3n) is 2.78. The normalized spacial score (nSPS) is 24.3. The molecule has 1 N–H and O–H groups in total. The third kappa shape index (κ3) is 3.10. The highest BCUT2D eigenvalue weighted by atomic mass is 35.5. The fraction of sp³-hybridized carbons (Fsp3) is 0.583. The maximum absolute atomic E-state index is 5.82. The van der Waals surface area contributed by atoms with Crippen molar-refractivity contribution in [1.29, 1.82) is 0 Å². The highest BCUT2D eigenvalue weighted by Gasteiger charge is 2.36. The van der Waals surface area contributed by atoms with Crippen molar-refractivity contribution in [3.63, 3.8) is 0 Å². The standard InChI is InChI=1S/C12H17ClN2/c1-8(2)5-9-6-11(9)15-10-3-4-14-12(13)7-10/h3-4,7-9,11H,5-6H2,1-2H3,(H,14,15). The van der Waals surface area contributed by atoms with Gasteiger partial charge in [-0.1, -0.05) is 25.4 Å². The Balaban J connectivity index is 1.84. The van der Waals surface area contributed by atoms with E-state index in [0.29, 0.717) is 11.2 Å². The highest BCUT2D eigenvalue weighted by molar-refractivity contribution is 6.29. The molecule has 1 aromatic rings. The van der Waals surface area contributed by atoms with Crippen molar-refractivity contribution in [2.45, 2.75) is 32.7 Å². The SMILES string of the molecule is CC(C)CC1CC1Nc1ccnc(Cl)c1. The lowest BCUT2D eigenvalue weighted by molar-refractivity contribution is 0.535. The summed E-state index contributed by atoms with van der Waals surface area (Å²) in [6, 6.07) is 4.49. The van der Waals surface area contributed by atoms with Crippen molar-refractivity contribution in [3.05, 3.63) is 23.5 Å². The summed E-state index contributed by atoms with van der Waals surface area (Å²) in [7, 11) is 0. The lowest BCUT2D eigenvalue weighted by atomic mass is 10.1. The van der Waals surface area contributed by atoms with Gasteiger partial charge in [0.1, 0.15) is 5.15 Å². The maximum Gasteiger partial charge on any atom is 0.131 e. The molecule has 2 atom stereocenters. The van der Waals surface area contributed by atoms with Gasteiger partial charge in [0.25, 0.3) is 0 Å². The van der Waals surface area contributed by atoms with Gasteiger partial charge in [0, 0.05) is 17.9 Å². The number of aromatic nitrogens is 1. The van der Waals surface area contributed by atoms with Crippen LogP contribution in [0.25, 0.3) is 0 Å². The van der Waals surface area contributed by atoms with E-state index < -0.39 is 0 Å². The molecule has 82 valence electrons. The smallest absolute Gasteiger partial charge is 0.131 e. The zero-order valence-corrected chi connectivity index (χ0v) is 9.96. The molecule has 0 saturated heterocycles. The van der Waals surface area contributed by atoms with Gasteiger partial charge in [-0.25, -0.2) is 4.98 Å². The predicted molar refractivity (Wildman–Crippen MR) is 64.2 cm³/mol. The molecule has 2 rings (SSSR count). The summed E-state index contributed by atoms with van der Waals surface area (Å²) in [5, 5.41) is 4.04. The van der Waals surface area contributed by atoms with Gasteiger partial charge < -0.3 is 5.32 Å². The van der Waals surface area contributed by atoms with E-state index >= 15 is 0 Å². The zero-order chi connectivity index (χ0) is 10.8. The van der Waals surface area contributed by atoms with Crippen molar-refractivity contribution >= 4 is 17.3 Å². The van der Waals surface area contributed by atoms with Crippen LogP contribution in [-0.4, -0.2) is 11.0 Å². The quantitative estimate of drug-likeness (QED) is 0.791. The molecule has 1 aromatic heterocycles. The molecule has 2 nitrogen and oxygen atoms in total. The van der Waals surface area contributed by atoms with Crippen molar-refractivity contribution in [3.8, 4) is 0 Å². The third-order valence-corrected chi connectivity index (χ3v) is 2.98. The monoisotopic (exact) mass is 224 g/mol. The van der Waals surface area contributed by atoms with Crippen molar-refractivity contribution in [2.24, 2.45) is 11.8 Å². The number of rotatable bonds is 4. The minimum Gasteiger partial charge on any atom is -0.382 e. The van der Waals surface area contributed by atoms with Crippen LogP contribution in [0, 0.1) is 11.8 Å². The molecule has 1 aliphatic carbocycles. The minimum absolute atomic E-state index is 0.557. The molecule has 0 bridgehead atoms. The van der Waals surface area contributed by atoms with Gasteiger partial charge in [0.05, 0.1) is 0 Å². The van der Waals surface area contributed by atoms with E-state index in [1.54, 1.807) is 6.20 Å². The lowest BCUT2D eigenvalue weighted by Gasteiger charge is -2.07. The summed E-state index contributed by atoms with van der Waals surface area (Å²) in [6.45, 7) is 4.55. The number of hydrogen-bond acceptors (Lipinski definition) is 2. The predicted octanol–water partition coefficient (Wildman–Crippen LogP) is 3.58. The van der Waals surface area contributed by atoms with Gasteiger partial charge in [-0.2, -0.15) is 0 Å². The first-order valence-corrected chi connectivity index (χ1v) is 5.91. The van der Waals surface area contributed by atoms with Crippen LogP contribution in [0.3, 0.4) is 0 Å². The van der Waals surface area contributed by atoms with Crippen LogP contribution in [0.4, 0.5) is 5.69 Å². The van der Waals surface area contributed by atoms with Crippen LogP contribution in [0.2, 0.25) is 5.15 Å². The minimum atomic E-state index is 0.557. The van der Waals surface area contributed by atoms with Crippen LogP contribution in [-0.2, 0) is 0 Å². The number of anilines is 1. The Morgan fingerprint density at radius 2 is 2.40 bits per heavy atom. The maximum atomic E-state index is 5.82. The highest BCUT2D eigenvalue weighted by Crippen LogP contribution is 2.38. The Labute approximate surface area is 96.1 Å². The second kappa shape index (κ2) is 4.40. The van der Waals surface area contributed by atoms with E-state index in [2.05, 4.69) is 24.1 Å². The van der Waals surface area contributed by atoms with Crippen molar-refractivity contribution < 1.29 is 0 Å². The summed E-state index contributed by atoms with van der Waals surface area (Å²) in [4.78, 5) is 3.96. The summed E-state index contributed by atoms with van der Waals surface area (Å²) in [6.07, 6.45) is 4.35. The molecule has 3 heteroatoms. The average Bonchev–Trinajstić information content (AvgIpc) is 2.82. The van der Waals surface area contributed by atoms with E-state index in [9.17, 15) is 0 Å². The van der Waals surface area contributed by atoms with E-state index in [1.165, 1.54) is 12.8 Å². The van der Waals surface area contributed by atoms with Gasteiger partial charge >= 0.3 is 0 Å². The average molecular weight is 225 g/mol. The Morgan fingerprint density at radius 3 is 3.07 bits per heavy atom. The van der Waals surface area contributed by atoms with Crippen LogP contribution in [0.15, 0.2) is 18.3 Å². The summed E-state index contributed by atoms with van der Waals surface area (Å²) < 4.78 is 0. The number of pyridine rings is 1. The topological polar surface area (TPSA) is 24.9 Å². The molecule has 0 aliphatic heterocycles. The second-order valence-corrected chi connectivity index (χ2v) is 5.13. The molecule has 1 fully saturated rings. The molecular weight excluding hydrogens is 208 g/mol. The summed E-state index contributed by atoms with van der Waals surface area (Å²) >= 11 is 5.82. The lowest BCUT2D eigenvalue weighted by Crippen LogP contribution is -2.05. The molecule has 2 unspecified atom stereocenters. The van der Waals surface area contributed by atoms with Gasteiger partial charge in [-0.15, -0.1) is 0 Å². The zero-order valence-electron chi connectivity index (χ0n) is 9.20. The number of nitrogens with zero attached hydrogens (tertiary/aromatic N) is 1. The Bertz CT molecular complexity index is 338. The van der Waals surface area contributed by atoms with Crippen molar-refractivity contribution in [1.82, 2.24) is 4.98 Å². The molecule has 1 heterocycles. The summed E-state index contributed by atoms with van der Waals surface area (Å²) in [5.41, 5.74) is 1.09. The fourth-order valence-electron chi connectivity index (χ4n) is 2.00. The van der Waals surface area contributed by atoms with Gasteiger partial charge in [0.15, 0.2) is 0 Å². The van der Waals surface area contributed by atoms with Crippen LogP contribution >= 0.6 is 11.6 Å². The molecule has 1 aliphatic rings. The molecule has 1 saturated carbocycles. The van der Waals surface area contributed by atoms with E-state index in [1.807, 2.05) is 12.1 Å². The molecule has 0 radical (unpaired) electrons. The van der Waals surface area contributed by atoms with Crippen LogP contribution in [0.5, 0.6) is 0 Å². The second-order valence-electron chi connectivity index (χ2n) is 4.74. The first-order valence-electron chi connectivity index (χ1n) is 5.53. The first-order chi connectivity index (χ1) is 7.15. The van der Waals surface area contributed by atoms with E-state index in [0.717, 1.165) is 17.5 Å². The van der Waals surface area contributed by atoms with Gasteiger partial charge in [-0.05, 0) is 36.8 Å². The van der Waals surface area contributed by atoms with Gasteiger partial charge in [0.2, 0.25) is 0 Å². The number of hydrogen-bond donors (Lipinski definition) is 1. The molecule has 0 aromatic carbocycles. The van der Waals surface area contributed by atoms with Crippen molar-refractivity contribution in [2.75, 3.05) is 5.32 Å². The molecule has 0 spiro atoms. The Kier molecular flexibility index (Phi) is 3.15.